The van der Waals surface area contributed by atoms with Gasteiger partial charge in [0.1, 0.15) is 5.75 Å². The highest BCUT2D eigenvalue weighted by Crippen LogP contribution is 2.27. The minimum atomic E-state index is -0.145. The third-order valence-corrected chi connectivity index (χ3v) is 8.47. The number of rotatable bonds is 15. The summed E-state index contributed by atoms with van der Waals surface area (Å²) in [4.78, 5) is 27.4. The summed E-state index contributed by atoms with van der Waals surface area (Å²) >= 11 is 0. The molecular weight excluding hydrogens is 570 g/mol. The van der Waals surface area contributed by atoms with Gasteiger partial charge in [-0.15, -0.1) is 0 Å². The van der Waals surface area contributed by atoms with E-state index in [1.807, 2.05) is 42.2 Å². The summed E-state index contributed by atoms with van der Waals surface area (Å²) in [7, 11) is 1.66. The van der Waals surface area contributed by atoms with Gasteiger partial charge in [0.25, 0.3) is 11.8 Å². The largest absolute Gasteiger partial charge is 0.497 e. The molecule has 1 aliphatic carbocycles. The first-order valence-electron chi connectivity index (χ1n) is 17.4. The number of ether oxygens (including phenoxy) is 1. The molecule has 0 spiro atoms. The summed E-state index contributed by atoms with van der Waals surface area (Å²) in [6, 6.07) is 22.4. The summed E-state index contributed by atoms with van der Waals surface area (Å²) in [5, 5.41) is 6.34. The standard InChI is InChI=1S/C26H37N3O3.C14H20/c1-5-13-29(14-6-2)26(31)23-16-20(3)15-22(18-23)25(30)28-12-8-11-27-19-21-9-7-10-24(17-21)32-4;1-12-6-5-9-14(10-12)11-13-7-3-2-4-8-13/h7,9-10,15-18,27H,5-6,8,11-14,19H2,1-4H3,(H,28,30);5-6,9-10,13H,2-4,7-8,11H2,1H3. The second-order valence-corrected chi connectivity index (χ2v) is 12.7. The molecule has 3 aromatic carbocycles. The molecule has 4 rings (SSSR count). The van der Waals surface area contributed by atoms with Crippen LogP contribution in [0.25, 0.3) is 0 Å². The average molecular weight is 628 g/mol. The molecule has 0 atom stereocenters. The third kappa shape index (κ3) is 13.0. The molecule has 0 aliphatic heterocycles. The van der Waals surface area contributed by atoms with Crippen LogP contribution in [0.1, 0.15) is 108 Å². The van der Waals surface area contributed by atoms with Crippen molar-refractivity contribution in [2.45, 2.75) is 92.0 Å². The Hall–Kier alpha value is -3.64. The number of carbonyl (C=O) groups is 2. The van der Waals surface area contributed by atoms with Crippen LogP contribution < -0.4 is 15.4 Å². The third-order valence-electron chi connectivity index (χ3n) is 8.47. The van der Waals surface area contributed by atoms with Crippen molar-refractivity contribution in [3.8, 4) is 5.75 Å². The van der Waals surface area contributed by atoms with E-state index in [4.69, 9.17) is 4.74 Å². The second-order valence-electron chi connectivity index (χ2n) is 12.7. The van der Waals surface area contributed by atoms with Crippen molar-refractivity contribution in [3.05, 3.63) is 100 Å². The van der Waals surface area contributed by atoms with E-state index in [9.17, 15) is 9.59 Å². The monoisotopic (exact) mass is 627 g/mol. The quantitative estimate of drug-likeness (QED) is 0.166. The van der Waals surface area contributed by atoms with Gasteiger partial charge in [-0.2, -0.15) is 0 Å². The second kappa shape index (κ2) is 20.5. The number of nitrogens with zero attached hydrogens (tertiary/aromatic N) is 1. The fourth-order valence-electron chi connectivity index (χ4n) is 6.17. The van der Waals surface area contributed by atoms with E-state index in [0.717, 1.165) is 68.2 Å². The lowest BCUT2D eigenvalue weighted by atomic mass is 9.85. The lowest BCUT2D eigenvalue weighted by Crippen LogP contribution is -2.33. The Labute approximate surface area is 278 Å². The maximum absolute atomic E-state index is 12.9. The zero-order valence-corrected chi connectivity index (χ0v) is 29.0. The summed E-state index contributed by atoms with van der Waals surface area (Å²) in [5.74, 6) is 1.66. The van der Waals surface area contributed by atoms with Crippen molar-refractivity contribution in [2.75, 3.05) is 33.3 Å². The molecule has 0 heterocycles. The molecule has 250 valence electrons. The van der Waals surface area contributed by atoms with Gasteiger partial charge in [-0.1, -0.05) is 87.9 Å². The molecule has 6 nitrogen and oxygen atoms in total. The van der Waals surface area contributed by atoms with E-state index >= 15 is 0 Å². The van der Waals surface area contributed by atoms with E-state index in [0.29, 0.717) is 17.7 Å². The van der Waals surface area contributed by atoms with Crippen LogP contribution in [-0.2, 0) is 13.0 Å². The van der Waals surface area contributed by atoms with E-state index in [2.05, 4.69) is 61.7 Å². The van der Waals surface area contributed by atoms with Gasteiger partial charge in [-0.3, -0.25) is 9.59 Å². The topological polar surface area (TPSA) is 70.7 Å². The lowest BCUT2D eigenvalue weighted by Gasteiger charge is -2.22. The first-order chi connectivity index (χ1) is 22.3. The molecule has 6 heteroatoms. The number of hydrogen-bond acceptors (Lipinski definition) is 4. The first kappa shape index (κ1) is 36.8. The van der Waals surface area contributed by atoms with Gasteiger partial charge in [0, 0.05) is 37.3 Å². The van der Waals surface area contributed by atoms with Crippen LogP contribution in [0.2, 0.25) is 0 Å². The normalized spacial score (nSPS) is 13.0. The van der Waals surface area contributed by atoms with Gasteiger partial charge in [0.15, 0.2) is 0 Å². The fraction of sp³-hybridized carbons (Fsp3) is 0.500. The maximum Gasteiger partial charge on any atom is 0.253 e. The highest BCUT2D eigenvalue weighted by molar-refractivity contribution is 6.00. The van der Waals surface area contributed by atoms with Gasteiger partial charge in [-0.05, 0) is 99.0 Å². The fourth-order valence-corrected chi connectivity index (χ4v) is 6.17. The predicted octanol–water partition coefficient (Wildman–Crippen LogP) is 8.29. The van der Waals surface area contributed by atoms with Crippen molar-refractivity contribution in [1.29, 1.82) is 0 Å². The van der Waals surface area contributed by atoms with E-state index in [-0.39, 0.29) is 11.8 Å². The van der Waals surface area contributed by atoms with Crippen LogP contribution in [0, 0.1) is 19.8 Å². The van der Waals surface area contributed by atoms with E-state index < -0.39 is 0 Å². The SMILES string of the molecule is CCCN(CCC)C(=O)c1cc(C)cc(C(=O)NCCCNCc2cccc(OC)c2)c1.Cc1cccc(CC2CCCCC2)c1. The molecule has 1 fully saturated rings. The molecule has 3 aromatic rings. The molecule has 0 radical (unpaired) electrons. The molecular formula is C40H57N3O3. The Morgan fingerprint density at radius 1 is 0.804 bits per heavy atom. The van der Waals surface area contributed by atoms with Crippen molar-refractivity contribution in [2.24, 2.45) is 5.92 Å². The molecule has 0 unspecified atom stereocenters. The highest BCUT2D eigenvalue weighted by atomic mass is 16.5. The summed E-state index contributed by atoms with van der Waals surface area (Å²) in [5.41, 5.74) is 6.12. The number of aryl methyl sites for hydroxylation is 2. The van der Waals surface area contributed by atoms with Crippen LogP contribution in [-0.4, -0.2) is 50.0 Å². The van der Waals surface area contributed by atoms with Crippen LogP contribution in [0.3, 0.4) is 0 Å². The number of hydrogen-bond donors (Lipinski definition) is 2. The van der Waals surface area contributed by atoms with E-state index in [1.54, 1.807) is 13.2 Å². The number of amides is 2. The van der Waals surface area contributed by atoms with E-state index in [1.165, 1.54) is 49.7 Å². The number of benzene rings is 3. The molecule has 2 N–H and O–H groups in total. The molecule has 0 aromatic heterocycles. The van der Waals surface area contributed by atoms with Crippen LogP contribution in [0.15, 0.2) is 66.7 Å². The smallest absolute Gasteiger partial charge is 0.253 e. The van der Waals surface area contributed by atoms with Gasteiger partial charge < -0.3 is 20.3 Å². The molecule has 1 aliphatic rings. The van der Waals surface area contributed by atoms with Gasteiger partial charge in [0.05, 0.1) is 7.11 Å². The Morgan fingerprint density at radius 2 is 1.50 bits per heavy atom. The molecule has 46 heavy (non-hydrogen) atoms. The minimum absolute atomic E-state index is 0.00630. The average Bonchev–Trinajstić information content (AvgIpc) is 3.06. The van der Waals surface area contributed by atoms with Crippen LogP contribution >= 0.6 is 0 Å². The number of methoxy groups -OCH3 is 1. The summed E-state index contributed by atoms with van der Waals surface area (Å²) < 4.78 is 5.24. The van der Waals surface area contributed by atoms with Crippen molar-refractivity contribution >= 4 is 11.8 Å². The maximum atomic E-state index is 12.9. The Morgan fingerprint density at radius 3 is 2.20 bits per heavy atom. The number of nitrogens with one attached hydrogen (secondary N) is 2. The molecule has 1 saturated carbocycles. The zero-order chi connectivity index (χ0) is 33.1. The lowest BCUT2D eigenvalue weighted by molar-refractivity contribution is 0.0755. The van der Waals surface area contributed by atoms with Gasteiger partial charge in [-0.25, -0.2) is 0 Å². The minimum Gasteiger partial charge on any atom is -0.497 e. The van der Waals surface area contributed by atoms with Gasteiger partial charge >= 0.3 is 0 Å². The Balaban J connectivity index is 0.000000339. The van der Waals surface area contributed by atoms with Crippen molar-refractivity contribution < 1.29 is 14.3 Å². The van der Waals surface area contributed by atoms with Crippen LogP contribution in [0.5, 0.6) is 5.75 Å². The Kier molecular flexibility index (Phi) is 16.4. The predicted molar refractivity (Wildman–Crippen MR) is 191 cm³/mol. The Bertz CT molecular complexity index is 1340. The molecule has 0 bridgehead atoms. The molecule has 0 saturated heterocycles. The highest BCUT2D eigenvalue weighted by Gasteiger charge is 2.17. The zero-order valence-electron chi connectivity index (χ0n) is 29.0. The molecule has 2 amide bonds. The summed E-state index contributed by atoms with van der Waals surface area (Å²) in [6.45, 7) is 11.8. The van der Waals surface area contributed by atoms with Crippen LogP contribution in [0.4, 0.5) is 0 Å². The first-order valence-corrected chi connectivity index (χ1v) is 17.4. The van der Waals surface area contributed by atoms with Gasteiger partial charge in [0.2, 0.25) is 0 Å². The van der Waals surface area contributed by atoms with Crippen molar-refractivity contribution in [1.82, 2.24) is 15.5 Å². The number of carbonyl (C=O) groups excluding carboxylic acids is 2. The van der Waals surface area contributed by atoms with Crippen molar-refractivity contribution in [3.63, 3.8) is 0 Å². The summed E-state index contributed by atoms with van der Waals surface area (Å²) in [6.07, 6.45) is 11.2.